The molecule has 3 heteroatoms. The first-order chi connectivity index (χ1) is 12.2. The van der Waals surface area contributed by atoms with Crippen molar-refractivity contribution >= 4 is 16.5 Å². The number of hydrogen-bond donors (Lipinski definition) is 0. The van der Waals surface area contributed by atoms with E-state index in [0.29, 0.717) is 8.45 Å². The average molecular weight is 366 g/mol. The molecule has 0 bridgehead atoms. The van der Waals surface area contributed by atoms with Crippen molar-refractivity contribution in [2.45, 2.75) is 15.4 Å². The third-order valence-corrected chi connectivity index (χ3v) is 10.1. The van der Waals surface area contributed by atoms with Crippen molar-refractivity contribution in [1.29, 1.82) is 0 Å². The average Bonchev–Trinajstić information content (AvgIpc) is 3.26. The second-order valence-electron chi connectivity index (χ2n) is 6.45. The Bertz CT molecular complexity index is 837. The number of hydrogen-bond acceptors (Lipinski definition) is 2. The SMILES string of the molecule is C[CH]=[Ti]([CH]1C=Cc2cc(OC)ccc21)[CH]1C=Cc2cc(OC)ccc21. The van der Waals surface area contributed by atoms with Gasteiger partial charge in [0.15, 0.2) is 0 Å². The Hall–Kier alpha value is -1.90. The molecule has 0 heterocycles. The van der Waals surface area contributed by atoms with Crippen LogP contribution >= 0.6 is 0 Å². The van der Waals surface area contributed by atoms with Gasteiger partial charge in [0.05, 0.1) is 0 Å². The van der Waals surface area contributed by atoms with E-state index in [9.17, 15) is 0 Å². The van der Waals surface area contributed by atoms with Crippen LogP contribution in [0.1, 0.15) is 37.6 Å². The van der Waals surface area contributed by atoms with Crippen LogP contribution < -0.4 is 9.47 Å². The molecule has 2 aliphatic carbocycles. The first kappa shape index (κ1) is 16.6. The van der Waals surface area contributed by atoms with Gasteiger partial charge >= 0.3 is 155 Å². The molecule has 2 unspecified atom stereocenters. The summed E-state index contributed by atoms with van der Waals surface area (Å²) in [6.45, 7) is 2.25. The molecular weight excluding hydrogens is 344 g/mol. The van der Waals surface area contributed by atoms with Crippen LogP contribution in [-0.4, -0.2) is 18.5 Å². The van der Waals surface area contributed by atoms with Crippen molar-refractivity contribution in [3.8, 4) is 11.5 Å². The Morgan fingerprint density at radius 2 is 1.28 bits per heavy atom. The van der Waals surface area contributed by atoms with Crippen LogP contribution in [0.25, 0.3) is 12.2 Å². The molecule has 0 saturated carbocycles. The van der Waals surface area contributed by atoms with E-state index < -0.39 is 17.4 Å². The number of allylic oxidation sites excluding steroid dienone is 2. The van der Waals surface area contributed by atoms with Crippen LogP contribution in [0.2, 0.25) is 0 Å². The van der Waals surface area contributed by atoms with E-state index in [2.05, 4.69) is 71.9 Å². The summed E-state index contributed by atoms with van der Waals surface area (Å²) >= 11 is -1.55. The van der Waals surface area contributed by atoms with Crippen LogP contribution in [-0.2, 0) is 17.4 Å². The molecule has 25 heavy (non-hydrogen) atoms. The van der Waals surface area contributed by atoms with E-state index in [1.165, 1.54) is 22.3 Å². The zero-order chi connectivity index (χ0) is 17.4. The Balaban J connectivity index is 1.69. The minimum atomic E-state index is -1.55. The van der Waals surface area contributed by atoms with Crippen LogP contribution in [0.15, 0.2) is 48.6 Å². The van der Waals surface area contributed by atoms with Crippen LogP contribution in [0, 0.1) is 0 Å². The molecule has 0 N–H and O–H groups in total. The van der Waals surface area contributed by atoms with E-state index in [1.54, 1.807) is 14.2 Å². The number of benzene rings is 2. The van der Waals surface area contributed by atoms with E-state index in [4.69, 9.17) is 9.47 Å². The van der Waals surface area contributed by atoms with E-state index in [-0.39, 0.29) is 0 Å². The molecule has 2 aromatic rings. The summed E-state index contributed by atoms with van der Waals surface area (Å²) in [6.07, 6.45) is 9.36. The maximum atomic E-state index is 5.38. The zero-order valence-electron chi connectivity index (χ0n) is 14.8. The Morgan fingerprint density at radius 1 is 0.800 bits per heavy atom. The van der Waals surface area contributed by atoms with Crippen LogP contribution in [0.4, 0.5) is 0 Å². The first-order valence-electron chi connectivity index (χ1n) is 8.63. The van der Waals surface area contributed by atoms with Gasteiger partial charge in [-0.15, -0.1) is 0 Å². The quantitative estimate of drug-likeness (QED) is 0.711. The molecule has 0 aromatic heterocycles. The van der Waals surface area contributed by atoms with Gasteiger partial charge in [-0.1, -0.05) is 0 Å². The van der Waals surface area contributed by atoms with Crippen molar-refractivity contribution in [1.82, 2.24) is 0 Å². The van der Waals surface area contributed by atoms with Crippen molar-refractivity contribution < 1.29 is 26.9 Å². The van der Waals surface area contributed by atoms with Crippen molar-refractivity contribution in [3.63, 3.8) is 0 Å². The van der Waals surface area contributed by atoms with Gasteiger partial charge in [-0.3, -0.25) is 0 Å². The minimum absolute atomic E-state index is 0.564. The molecule has 0 fully saturated rings. The molecule has 2 nitrogen and oxygen atoms in total. The van der Waals surface area contributed by atoms with Gasteiger partial charge in [0, 0.05) is 0 Å². The van der Waals surface area contributed by atoms with Gasteiger partial charge in [-0.25, -0.2) is 0 Å². The molecule has 0 amide bonds. The molecule has 126 valence electrons. The summed E-state index contributed by atoms with van der Waals surface area (Å²) in [4.78, 5) is 0. The maximum absolute atomic E-state index is 5.38. The number of ether oxygens (including phenoxy) is 2. The molecule has 4 rings (SSSR count). The fraction of sp³-hybridized carbons (Fsp3) is 0.227. The summed E-state index contributed by atoms with van der Waals surface area (Å²) in [5, 5.41) is 0. The predicted octanol–water partition coefficient (Wildman–Crippen LogP) is 4.98. The third kappa shape index (κ3) is 2.84. The summed E-state index contributed by atoms with van der Waals surface area (Å²) in [5.41, 5.74) is 5.55. The molecule has 2 aliphatic rings. The van der Waals surface area contributed by atoms with Gasteiger partial charge in [0.1, 0.15) is 0 Å². The summed E-state index contributed by atoms with van der Waals surface area (Å²) in [6, 6.07) is 13.0. The molecular formula is C22H22O2Ti. The van der Waals surface area contributed by atoms with Crippen molar-refractivity contribution in [3.05, 3.63) is 70.8 Å². The normalized spacial score (nSPS) is 19.5. The van der Waals surface area contributed by atoms with Crippen molar-refractivity contribution in [2.24, 2.45) is 0 Å². The van der Waals surface area contributed by atoms with Gasteiger partial charge < -0.3 is 0 Å². The Kier molecular flexibility index (Phi) is 4.49. The first-order valence-corrected chi connectivity index (χ1v) is 11.3. The Morgan fingerprint density at radius 3 is 1.68 bits per heavy atom. The molecule has 0 spiro atoms. The topological polar surface area (TPSA) is 18.5 Å². The summed E-state index contributed by atoms with van der Waals surface area (Å²) < 4.78 is 14.4. The molecule has 0 saturated heterocycles. The van der Waals surface area contributed by atoms with Gasteiger partial charge in [-0.2, -0.15) is 0 Å². The molecule has 0 aliphatic heterocycles. The standard InChI is InChI=1S/2C10H9O.C2H4.Ti/c2*1-11-10-6-5-8-3-2-4-9(8)7-10;1-2;/h2*2-7H,1H3;1H,2H3;. The second kappa shape index (κ2) is 6.78. The zero-order valence-corrected chi connectivity index (χ0v) is 16.4. The van der Waals surface area contributed by atoms with Gasteiger partial charge in [0.2, 0.25) is 0 Å². The van der Waals surface area contributed by atoms with Crippen LogP contribution in [0.3, 0.4) is 0 Å². The summed E-state index contributed by atoms with van der Waals surface area (Å²) in [7, 11) is 3.46. The summed E-state index contributed by atoms with van der Waals surface area (Å²) in [5.74, 6) is 1.87. The predicted molar refractivity (Wildman–Crippen MR) is 101 cm³/mol. The van der Waals surface area contributed by atoms with Gasteiger partial charge in [-0.05, 0) is 0 Å². The monoisotopic (exact) mass is 366 g/mol. The number of methoxy groups -OCH3 is 2. The van der Waals surface area contributed by atoms with E-state index in [1.807, 2.05) is 0 Å². The van der Waals surface area contributed by atoms with Crippen LogP contribution in [0.5, 0.6) is 11.5 Å². The molecule has 0 radical (unpaired) electrons. The number of rotatable bonds is 4. The van der Waals surface area contributed by atoms with Crippen molar-refractivity contribution in [2.75, 3.05) is 14.2 Å². The second-order valence-corrected chi connectivity index (χ2v) is 10.9. The molecule has 2 aromatic carbocycles. The third-order valence-electron chi connectivity index (χ3n) is 5.25. The van der Waals surface area contributed by atoms with E-state index in [0.717, 1.165) is 11.5 Å². The number of fused-ring (bicyclic) bond motifs is 2. The fourth-order valence-corrected chi connectivity index (χ4v) is 8.62. The molecule has 2 atom stereocenters. The fourth-order valence-electron chi connectivity index (χ4n) is 3.96. The van der Waals surface area contributed by atoms with E-state index >= 15 is 0 Å². The Labute approximate surface area is 155 Å². The van der Waals surface area contributed by atoms with Gasteiger partial charge in [0.25, 0.3) is 0 Å².